The van der Waals surface area contributed by atoms with E-state index in [2.05, 4.69) is 10.3 Å². The number of ether oxygens (including phenoxy) is 3. The van der Waals surface area contributed by atoms with E-state index in [0.29, 0.717) is 52.0 Å². The fraction of sp³-hybridized carbons (Fsp3) is 0.281. The summed E-state index contributed by atoms with van der Waals surface area (Å²) >= 11 is 0. The minimum Gasteiger partial charge on any atom is -0.493 e. The van der Waals surface area contributed by atoms with Crippen molar-refractivity contribution in [1.29, 1.82) is 0 Å². The number of methoxy groups -OCH3 is 1. The summed E-state index contributed by atoms with van der Waals surface area (Å²) in [5, 5.41) is 3.80. The van der Waals surface area contributed by atoms with E-state index in [1.54, 1.807) is 12.1 Å². The van der Waals surface area contributed by atoms with Crippen molar-refractivity contribution in [2.24, 2.45) is 11.7 Å². The topological polar surface area (TPSA) is 116 Å². The Kier molecular flexibility index (Phi) is 9.56. The van der Waals surface area contributed by atoms with E-state index >= 15 is 4.39 Å². The van der Waals surface area contributed by atoms with Gasteiger partial charge in [0.1, 0.15) is 11.6 Å². The monoisotopic (exact) mass is 644 g/mol. The van der Waals surface area contributed by atoms with Gasteiger partial charge in [-0.2, -0.15) is 13.2 Å². The second-order valence-corrected chi connectivity index (χ2v) is 10.6. The van der Waals surface area contributed by atoms with Gasteiger partial charge >= 0.3 is 18.0 Å². The highest BCUT2D eigenvalue weighted by Crippen LogP contribution is 2.39. The Morgan fingerprint density at radius 2 is 1.72 bits per heavy atom. The number of anilines is 1. The predicted molar refractivity (Wildman–Crippen MR) is 158 cm³/mol. The minimum atomic E-state index is -5.01. The number of halogens is 5. The molecule has 0 bridgehead atoms. The van der Waals surface area contributed by atoms with Crippen LogP contribution in [0.4, 0.5) is 27.6 Å². The van der Waals surface area contributed by atoms with Crippen molar-refractivity contribution in [3.8, 4) is 23.0 Å². The highest BCUT2D eigenvalue weighted by Gasteiger charge is 2.34. The summed E-state index contributed by atoms with van der Waals surface area (Å²) in [7, 11) is 1.49. The Morgan fingerprint density at radius 3 is 2.39 bits per heavy atom. The summed E-state index contributed by atoms with van der Waals surface area (Å²) in [5.41, 5.74) is 3.69. The summed E-state index contributed by atoms with van der Waals surface area (Å²) in [6, 6.07) is 10.2. The van der Waals surface area contributed by atoms with Gasteiger partial charge in [0.25, 0.3) is 0 Å². The first kappa shape index (κ1) is 32.4. The van der Waals surface area contributed by atoms with Gasteiger partial charge in [-0.25, -0.2) is 8.78 Å². The van der Waals surface area contributed by atoms with Crippen molar-refractivity contribution in [1.82, 2.24) is 10.3 Å². The zero-order valence-electron chi connectivity index (χ0n) is 24.5. The van der Waals surface area contributed by atoms with Crippen LogP contribution in [0.3, 0.4) is 0 Å². The van der Waals surface area contributed by atoms with Crippen molar-refractivity contribution >= 4 is 28.4 Å². The first-order valence-corrected chi connectivity index (χ1v) is 14.2. The minimum absolute atomic E-state index is 0.180. The number of carbonyl (C=O) groups is 2. The molecule has 0 aliphatic carbocycles. The molecule has 0 radical (unpaired) electrons. The summed E-state index contributed by atoms with van der Waals surface area (Å²) < 4.78 is 86.4. The summed E-state index contributed by atoms with van der Waals surface area (Å²) in [6.07, 6.45) is -1.54. The van der Waals surface area contributed by atoms with Crippen molar-refractivity contribution in [2.75, 3.05) is 31.7 Å². The number of rotatable bonds is 9. The van der Waals surface area contributed by atoms with Gasteiger partial charge in [-0.1, -0.05) is 6.07 Å². The van der Waals surface area contributed by atoms with Gasteiger partial charge < -0.3 is 25.3 Å². The maximum absolute atomic E-state index is 15.4. The number of aromatic nitrogens is 1. The molecule has 1 saturated heterocycles. The normalized spacial score (nSPS) is 13.8. The number of carbonyl (C=O) groups excluding carboxylic acids is 2. The number of piperidine rings is 1. The van der Waals surface area contributed by atoms with Crippen molar-refractivity contribution in [3.63, 3.8) is 0 Å². The first-order valence-electron chi connectivity index (χ1n) is 14.2. The van der Waals surface area contributed by atoms with Crippen LogP contribution in [0.15, 0.2) is 60.8 Å². The molecule has 4 aromatic rings. The number of hydrogen-bond acceptors (Lipinski definition) is 7. The Morgan fingerprint density at radius 1 is 0.957 bits per heavy atom. The van der Waals surface area contributed by atoms with E-state index in [4.69, 9.17) is 19.9 Å². The van der Waals surface area contributed by atoms with Crippen LogP contribution >= 0.6 is 0 Å². The lowest BCUT2D eigenvalue weighted by atomic mass is 9.99. The largest absolute Gasteiger partial charge is 0.493 e. The number of amides is 2. The van der Waals surface area contributed by atoms with Crippen molar-refractivity contribution < 1.29 is 45.8 Å². The molecule has 3 aromatic carbocycles. The molecule has 1 fully saturated rings. The van der Waals surface area contributed by atoms with Gasteiger partial charge in [-0.05, 0) is 73.8 Å². The SMILES string of the molecule is COc1cc2c(Oc3ccc(N(Cc4ccc(F)c(C(F)(F)F)c4)C(=O)C(N)=O)cc3F)ccnc2cc1OCC1CCNCC1. The second-order valence-electron chi connectivity index (χ2n) is 10.6. The maximum Gasteiger partial charge on any atom is 0.419 e. The summed E-state index contributed by atoms with van der Waals surface area (Å²) in [6.45, 7) is 1.73. The average molecular weight is 645 g/mol. The lowest BCUT2D eigenvalue weighted by Gasteiger charge is -2.23. The van der Waals surface area contributed by atoms with Crippen molar-refractivity contribution in [3.05, 3.63) is 83.6 Å². The predicted octanol–water partition coefficient (Wildman–Crippen LogP) is 5.73. The van der Waals surface area contributed by atoms with E-state index in [-0.39, 0.29) is 22.7 Å². The molecule has 0 atom stereocenters. The van der Waals surface area contributed by atoms with Gasteiger partial charge in [-0.15, -0.1) is 0 Å². The van der Waals surface area contributed by atoms with Crippen LogP contribution < -0.4 is 30.2 Å². The molecule has 0 spiro atoms. The highest BCUT2D eigenvalue weighted by atomic mass is 19.4. The molecule has 0 saturated carbocycles. The number of nitrogens with zero attached hydrogens (tertiary/aromatic N) is 2. The molecule has 1 aromatic heterocycles. The van der Waals surface area contributed by atoms with E-state index < -0.39 is 41.7 Å². The number of alkyl halides is 3. The van der Waals surface area contributed by atoms with E-state index in [1.165, 1.54) is 31.5 Å². The van der Waals surface area contributed by atoms with E-state index in [9.17, 15) is 27.2 Å². The third kappa shape index (κ3) is 7.28. The van der Waals surface area contributed by atoms with Crippen LogP contribution in [0.25, 0.3) is 10.9 Å². The second kappa shape index (κ2) is 13.6. The summed E-state index contributed by atoms with van der Waals surface area (Å²) in [5.74, 6) is -3.97. The van der Waals surface area contributed by atoms with Crippen LogP contribution in [0.2, 0.25) is 0 Å². The molecule has 46 heavy (non-hydrogen) atoms. The molecular formula is C32H29F5N4O5. The Labute approximate surface area is 260 Å². The molecule has 5 rings (SSSR count). The smallest absolute Gasteiger partial charge is 0.419 e. The number of benzene rings is 3. The quantitative estimate of drug-likeness (QED) is 0.177. The van der Waals surface area contributed by atoms with Crippen molar-refractivity contribution in [2.45, 2.75) is 25.6 Å². The molecule has 2 amide bonds. The number of pyridine rings is 1. The third-order valence-corrected chi connectivity index (χ3v) is 7.50. The zero-order chi connectivity index (χ0) is 33.0. The van der Waals surface area contributed by atoms with Crippen LogP contribution in [0.5, 0.6) is 23.0 Å². The van der Waals surface area contributed by atoms with Crippen LogP contribution in [0, 0.1) is 17.6 Å². The Balaban J connectivity index is 1.40. The van der Waals surface area contributed by atoms with Crippen LogP contribution in [-0.2, 0) is 22.3 Å². The Bertz CT molecular complexity index is 1760. The van der Waals surface area contributed by atoms with Crippen LogP contribution in [-0.4, -0.2) is 43.6 Å². The van der Waals surface area contributed by atoms with Crippen LogP contribution in [0.1, 0.15) is 24.0 Å². The highest BCUT2D eigenvalue weighted by molar-refractivity contribution is 6.39. The molecule has 242 valence electrons. The molecule has 14 heteroatoms. The average Bonchev–Trinajstić information content (AvgIpc) is 3.03. The number of nitrogens with two attached hydrogens (primary N) is 1. The van der Waals surface area contributed by atoms with E-state index in [1.807, 2.05) is 0 Å². The molecule has 1 aliphatic heterocycles. The first-order chi connectivity index (χ1) is 21.9. The van der Waals surface area contributed by atoms with Gasteiger partial charge in [0.2, 0.25) is 0 Å². The molecule has 0 unspecified atom stereocenters. The molecule has 9 nitrogen and oxygen atoms in total. The fourth-order valence-electron chi connectivity index (χ4n) is 5.09. The third-order valence-electron chi connectivity index (χ3n) is 7.50. The molecular weight excluding hydrogens is 615 g/mol. The van der Waals surface area contributed by atoms with Gasteiger partial charge in [-0.3, -0.25) is 19.5 Å². The fourth-order valence-corrected chi connectivity index (χ4v) is 5.09. The Hall–Kier alpha value is -4.98. The number of fused-ring (bicyclic) bond motifs is 1. The number of primary amides is 1. The number of nitrogens with one attached hydrogen (secondary N) is 1. The van der Waals surface area contributed by atoms with Gasteiger partial charge in [0, 0.05) is 29.4 Å². The van der Waals surface area contributed by atoms with E-state index in [0.717, 1.165) is 38.1 Å². The summed E-state index contributed by atoms with van der Waals surface area (Å²) in [4.78, 5) is 29.4. The van der Waals surface area contributed by atoms with Gasteiger partial charge in [0.05, 0.1) is 31.3 Å². The molecule has 1 aliphatic rings. The zero-order valence-corrected chi connectivity index (χ0v) is 24.5. The molecule has 3 N–H and O–H groups in total. The molecule has 2 heterocycles. The standard InChI is InChI=1S/C32H29F5N4O5/c1-44-28-14-21-25(15-29(28)45-17-18-6-9-39-10-7-18)40-11-8-26(21)46-27-5-3-20(13-24(27)34)41(31(43)30(38)42)16-19-2-4-23(33)22(12-19)32(35,36)37/h2-5,8,11-15,18,39H,6-7,9-10,16-17H2,1H3,(H2,38,42). The van der Waals surface area contributed by atoms with Gasteiger partial charge in [0.15, 0.2) is 23.1 Å². The lowest BCUT2D eigenvalue weighted by Crippen LogP contribution is -2.40. The maximum atomic E-state index is 15.4. The number of hydrogen-bond donors (Lipinski definition) is 2. The lowest BCUT2D eigenvalue weighted by molar-refractivity contribution is -0.140.